The Kier molecular flexibility index (Phi) is 6.49. The monoisotopic (exact) mass is 419 g/mol. The molecule has 0 spiro atoms. The molecule has 0 amide bonds. The Morgan fingerprint density at radius 2 is 1.48 bits per heavy atom. The maximum absolute atomic E-state index is 14.0. The van der Waals surface area contributed by atoms with Crippen molar-refractivity contribution < 1.29 is 22.0 Å². The van der Waals surface area contributed by atoms with E-state index in [0.29, 0.717) is 11.3 Å². The van der Waals surface area contributed by atoms with Crippen LogP contribution in [-0.2, 0) is 6.18 Å². The Bertz CT molecular complexity index is 1020. The summed E-state index contributed by atoms with van der Waals surface area (Å²) in [4.78, 5) is 5.03. The summed E-state index contributed by atoms with van der Waals surface area (Å²) in [6, 6.07) is 16.2. The van der Waals surface area contributed by atoms with Gasteiger partial charge in [0.05, 0.1) is 17.0 Å². The van der Waals surface area contributed by atoms with Gasteiger partial charge in [-0.15, -0.1) is 0 Å². The minimum Gasteiger partial charge on any atom is -0.245 e. The van der Waals surface area contributed by atoms with Gasteiger partial charge in [-0.3, -0.25) is 0 Å². The number of rotatable bonds is 5. The molecule has 0 atom stereocenters. The van der Waals surface area contributed by atoms with E-state index in [-0.39, 0.29) is 11.5 Å². The molecule has 0 saturated carbocycles. The maximum Gasteiger partial charge on any atom is 0.416 e. The quantitative estimate of drug-likeness (QED) is 0.238. The fraction of sp³-hybridized carbons (Fsp3) is 0.0455. The molecule has 29 heavy (non-hydrogen) atoms. The topological polar surface area (TPSA) is 12.4 Å². The molecule has 0 N–H and O–H groups in total. The van der Waals surface area contributed by atoms with Gasteiger partial charge in [-0.25, -0.2) is 13.8 Å². The van der Waals surface area contributed by atoms with Crippen molar-refractivity contribution in [3.05, 3.63) is 107 Å². The summed E-state index contributed by atoms with van der Waals surface area (Å²) in [6.45, 7) is 0. The van der Waals surface area contributed by atoms with Crippen molar-refractivity contribution >= 4 is 23.2 Å². The molecule has 0 aliphatic heterocycles. The van der Waals surface area contributed by atoms with Gasteiger partial charge in [-0.2, -0.15) is 13.2 Å². The highest BCUT2D eigenvalue weighted by Gasteiger charge is 2.30. The molecule has 0 fully saturated rings. The lowest BCUT2D eigenvalue weighted by Crippen LogP contribution is -2.05. The standard InChI is InChI=1S/C22H14F5NS/c23-17-9-11-18(12-10-17)29-14-13-20(28-21-4-2-1-3-19(21)24)15-5-7-16(8-6-15)22(25,26)27/h1-14H/b14-13+,28-20-. The van der Waals surface area contributed by atoms with Crippen LogP contribution in [-0.4, -0.2) is 5.71 Å². The zero-order valence-electron chi connectivity index (χ0n) is 14.8. The molecule has 3 aromatic carbocycles. The van der Waals surface area contributed by atoms with E-state index < -0.39 is 17.6 Å². The third kappa shape index (κ3) is 5.77. The Balaban J connectivity index is 1.92. The Morgan fingerprint density at radius 3 is 2.10 bits per heavy atom. The summed E-state index contributed by atoms with van der Waals surface area (Å²) < 4.78 is 65.4. The van der Waals surface area contributed by atoms with Crippen LogP contribution in [0.2, 0.25) is 0 Å². The predicted octanol–water partition coefficient (Wildman–Crippen LogP) is 7.41. The van der Waals surface area contributed by atoms with Crippen LogP contribution < -0.4 is 0 Å². The number of alkyl halides is 3. The van der Waals surface area contributed by atoms with Crippen molar-refractivity contribution in [1.29, 1.82) is 0 Å². The van der Waals surface area contributed by atoms with Gasteiger partial charge < -0.3 is 0 Å². The largest absolute Gasteiger partial charge is 0.416 e. The average molecular weight is 419 g/mol. The van der Waals surface area contributed by atoms with Crippen LogP contribution >= 0.6 is 11.8 Å². The van der Waals surface area contributed by atoms with E-state index in [4.69, 9.17) is 0 Å². The molecule has 148 valence electrons. The second kappa shape index (κ2) is 9.05. The third-order valence-electron chi connectivity index (χ3n) is 3.85. The van der Waals surface area contributed by atoms with Gasteiger partial charge in [-0.05, 0) is 60.0 Å². The number of benzene rings is 3. The minimum atomic E-state index is -4.45. The lowest BCUT2D eigenvalue weighted by Gasteiger charge is -2.08. The SMILES string of the molecule is Fc1ccc(S/C=C/C(=N/c2ccccc2F)c2ccc(C(F)(F)F)cc2)cc1. The molecule has 3 aromatic rings. The molecule has 0 heterocycles. The fourth-order valence-electron chi connectivity index (χ4n) is 2.39. The number of aliphatic imine (C=N–C) groups is 1. The molecule has 0 saturated heterocycles. The number of para-hydroxylation sites is 1. The van der Waals surface area contributed by atoms with Gasteiger partial charge in [-0.1, -0.05) is 36.0 Å². The smallest absolute Gasteiger partial charge is 0.245 e. The summed E-state index contributed by atoms with van der Waals surface area (Å²) >= 11 is 1.27. The summed E-state index contributed by atoms with van der Waals surface area (Å²) in [5.41, 5.74) is -0.0226. The molecule has 3 rings (SSSR count). The summed E-state index contributed by atoms with van der Waals surface area (Å²) in [5, 5.41) is 1.66. The predicted molar refractivity (Wildman–Crippen MR) is 105 cm³/mol. The molecular weight excluding hydrogens is 405 g/mol. The highest BCUT2D eigenvalue weighted by Crippen LogP contribution is 2.29. The van der Waals surface area contributed by atoms with E-state index in [0.717, 1.165) is 17.0 Å². The van der Waals surface area contributed by atoms with Gasteiger partial charge >= 0.3 is 6.18 Å². The third-order valence-corrected chi connectivity index (χ3v) is 4.66. The van der Waals surface area contributed by atoms with E-state index in [2.05, 4.69) is 4.99 Å². The lowest BCUT2D eigenvalue weighted by atomic mass is 10.1. The number of nitrogens with zero attached hydrogens (tertiary/aromatic N) is 1. The van der Waals surface area contributed by atoms with E-state index in [9.17, 15) is 22.0 Å². The van der Waals surface area contributed by atoms with E-state index in [1.54, 1.807) is 29.7 Å². The van der Waals surface area contributed by atoms with Crippen LogP contribution in [0.1, 0.15) is 11.1 Å². The van der Waals surface area contributed by atoms with Crippen LogP contribution in [0.3, 0.4) is 0 Å². The molecule has 0 unspecified atom stereocenters. The second-order valence-electron chi connectivity index (χ2n) is 5.90. The first-order valence-corrected chi connectivity index (χ1v) is 9.30. The van der Waals surface area contributed by atoms with Crippen molar-refractivity contribution in [3.8, 4) is 0 Å². The molecule has 0 aliphatic carbocycles. The highest BCUT2D eigenvalue weighted by atomic mass is 32.2. The molecule has 0 radical (unpaired) electrons. The van der Waals surface area contributed by atoms with Crippen molar-refractivity contribution in [2.75, 3.05) is 0 Å². The zero-order valence-corrected chi connectivity index (χ0v) is 15.6. The van der Waals surface area contributed by atoms with Gasteiger partial charge in [0.1, 0.15) is 11.6 Å². The van der Waals surface area contributed by atoms with Gasteiger partial charge in [0, 0.05) is 10.5 Å². The van der Waals surface area contributed by atoms with E-state index in [1.165, 1.54) is 54.2 Å². The lowest BCUT2D eigenvalue weighted by molar-refractivity contribution is -0.137. The number of hydrogen-bond acceptors (Lipinski definition) is 2. The van der Waals surface area contributed by atoms with Crippen molar-refractivity contribution in [2.45, 2.75) is 11.1 Å². The zero-order chi connectivity index (χ0) is 20.9. The van der Waals surface area contributed by atoms with Crippen LogP contribution in [0, 0.1) is 11.6 Å². The average Bonchev–Trinajstić information content (AvgIpc) is 2.70. The summed E-state index contributed by atoms with van der Waals surface area (Å²) in [7, 11) is 0. The first kappa shape index (κ1) is 20.8. The second-order valence-corrected chi connectivity index (χ2v) is 6.88. The number of allylic oxidation sites excluding steroid dienone is 1. The van der Waals surface area contributed by atoms with Crippen LogP contribution in [0.4, 0.5) is 27.6 Å². The van der Waals surface area contributed by atoms with Crippen LogP contribution in [0.5, 0.6) is 0 Å². The van der Waals surface area contributed by atoms with Crippen molar-refractivity contribution in [1.82, 2.24) is 0 Å². The summed E-state index contributed by atoms with van der Waals surface area (Å²) in [6.07, 6.45) is -2.88. The van der Waals surface area contributed by atoms with Crippen molar-refractivity contribution in [2.24, 2.45) is 4.99 Å². The number of hydrogen-bond donors (Lipinski definition) is 0. The highest BCUT2D eigenvalue weighted by molar-refractivity contribution is 8.02. The molecule has 0 aromatic heterocycles. The molecule has 0 aliphatic rings. The molecular formula is C22H14F5NS. The number of thioether (sulfide) groups is 1. The first-order valence-electron chi connectivity index (χ1n) is 8.42. The van der Waals surface area contributed by atoms with Crippen LogP contribution in [0.15, 0.2) is 94.2 Å². The van der Waals surface area contributed by atoms with Gasteiger partial charge in [0.25, 0.3) is 0 Å². The Morgan fingerprint density at radius 1 is 0.828 bits per heavy atom. The normalized spacial score (nSPS) is 12.5. The van der Waals surface area contributed by atoms with Gasteiger partial charge in [0.2, 0.25) is 0 Å². The Hall–Kier alpha value is -2.93. The maximum atomic E-state index is 14.0. The van der Waals surface area contributed by atoms with E-state index >= 15 is 0 Å². The van der Waals surface area contributed by atoms with Gasteiger partial charge in [0.15, 0.2) is 0 Å². The number of halogens is 5. The molecule has 1 nitrogen and oxygen atoms in total. The first-order chi connectivity index (χ1) is 13.8. The minimum absolute atomic E-state index is 0.0684. The van der Waals surface area contributed by atoms with Crippen LogP contribution in [0.25, 0.3) is 0 Å². The van der Waals surface area contributed by atoms with E-state index in [1.807, 2.05) is 0 Å². The Labute approximate surface area is 168 Å². The molecule has 7 heteroatoms. The van der Waals surface area contributed by atoms with Crippen molar-refractivity contribution in [3.63, 3.8) is 0 Å². The molecule has 0 bridgehead atoms. The summed E-state index contributed by atoms with van der Waals surface area (Å²) in [5.74, 6) is -0.901. The fourth-order valence-corrected chi connectivity index (χ4v) is 3.04.